The summed E-state index contributed by atoms with van der Waals surface area (Å²) >= 11 is 6.05. The molecule has 7 nitrogen and oxygen atoms in total. The van der Waals surface area contributed by atoms with Gasteiger partial charge in [-0.25, -0.2) is 14.4 Å². The van der Waals surface area contributed by atoms with Crippen LogP contribution in [-0.2, 0) is 32.2 Å². The van der Waals surface area contributed by atoms with E-state index in [0.29, 0.717) is 15.5 Å². The van der Waals surface area contributed by atoms with Crippen LogP contribution >= 0.6 is 11.6 Å². The lowest BCUT2D eigenvalue weighted by atomic mass is 10.2. The van der Waals surface area contributed by atoms with Gasteiger partial charge in [0.25, 0.3) is 0 Å². The third-order valence-electron chi connectivity index (χ3n) is 3.92. The number of hydrogen-bond donors (Lipinski definition) is 0. The van der Waals surface area contributed by atoms with E-state index in [1.807, 2.05) is 6.07 Å². The fourth-order valence-corrected chi connectivity index (χ4v) is 2.56. The molecule has 0 fully saturated rings. The average molecular weight is 420 g/mol. The minimum atomic E-state index is -1.23. The summed E-state index contributed by atoms with van der Waals surface area (Å²) in [5.74, 6) is -0.751. The van der Waals surface area contributed by atoms with Crippen LogP contribution in [0.3, 0.4) is 0 Å². The molecule has 2 rings (SSSR count). The molecule has 0 aliphatic heterocycles. The van der Waals surface area contributed by atoms with Crippen LogP contribution in [0.5, 0.6) is 0 Å². The Morgan fingerprint density at radius 2 is 1.48 bits per heavy atom. The largest absolute Gasteiger partial charge is 0.464 e. The molecule has 8 heteroatoms. The third-order valence-corrected chi connectivity index (χ3v) is 4.29. The molecular formula is C21H22ClNO6. The molecule has 0 aliphatic rings. The van der Waals surface area contributed by atoms with E-state index in [1.54, 1.807) is 55.5 Å². The van der Waals surface area contributed by atoms with Gasteiger partial charge in [0, 0.05) is 10.6 Å². The second kappa shape index (κ2) is 11.1. The second-order valence-electron chi connectivity index (χ2n) is 5.98. The Hall–Kier alpha value is -3.06. The zero-order valence-electron chi connectivity index (χ0n) is 16.2. The van der Waals surface area contributed by atoms with Crippen molar-refractivity contribution in [1.29, 1.82) is 0 Å². The summed E-state index contributed by atoms with van der Waals surface area (Å²) in [6.07, 6.45) is -2.05. The molecule has 0 spiro atoms. The van der Waals surface area contributed by atoms with Gasteiger partial charge in [0.15, 0.2) is 0 Å². The fourth-order valence-electron chi connectivity index (χ4n) is 2.37. The molecular weight excluding hydrogens is 398 g/mol. The molecule has 0 radical (unpaired) electrons. The molecule has 0 heterocycles. The first-order valence-corrected chi connectivity index (χ1v) is 9.38. The van der Waals surface area contributed by atoms with Crippen LogP contribution in [0.25, 0.3) is 0 Å². The lowest BCUT2D eigenvalue weighted by molar-refractivity contribution is -0.147. The zero-order chi connectivity index (χ0) is 21.2. The molecule has 0 N–H and O–H groups in total. The Morgan fingerprint density at radius 1 is 0.897 bits per heavy atom. The molecule has 0 unspecified atom stereocenters. The van der Waals surface area contributed by atoms with Gasteiger partial charge in [0.05, 0.1) is 6.61 Å². The maximum absolute atomic E-state index is 12.6. The van der Waals surface area contributed by atoms with Crippen LogP contribution in [0.2, 0.25) is 5.02 Å². The number of amides is 2. The van der Waals surface area contributed by atoms with Gasteiger partial charge in [-0.1, -0.05) is 60.1 Å². The molecule has 1 atom stereocenters. The minimum Gasteiger partial charge on any atom is -0.464 e. The summed E-state index contributed by atoms with van der Waals surface area (Å²) in [6, 6.07) is 14.5. The van der Waals surface area contributed by atoms with Gasteiger partial charge in [0.2, 0.25) is 0 Å². The Balaban J connectivity index is 2.10. The Bertz CT molecular complexity index is 842. The van der Waals surface area contributed by atoms with Gasteiger partial charge in [-0.15, -0.1) is 0 Å². The van der Waals surface area contributed by atoms with Crippen LogP contribution in [0.4, 0.5) is 9.59 Å². The van der Waals surface area contributed by atoms with Crippen molar-refractivity contribution in [3.63, 3.8) is 0 Å². The number of halogens is 1. The standard InChI is InChI=1S/C21H22ClNO6/c1-3-27-19(24)15(2)23(20(25)28-13-16-9-5-4-6-10-16)21(26)29-14-17-11-7-8-12-18(17)22/h4-12,15H,3,13-14H2,1-2H3/t15-/m1/s1. The molecule has 154 valence electrons. The number of carbonyl (C=O) groups excluding carboxylic acids is 3. The van der Waals surface area contributed by atoms with Gasteiger partial charge in [0.1, 0.15) is 19.3 Å². The van der Waals surface area contributed by atoms with Crippen molar-refractivity contribution >= 4 is 29.8 Å². The van der Waals surface area contributed by atoms with Gasteiger partial charge < -0.3 is 14.2 Å². The summed E-state index contributed by atoms with van der Waals surface area (Å²) < 4.78 is 15.3. The monoisotopic (exact) mass is 419 g/mol. The highest BCUT2D eigenvalue weighted by molar-refractivity contribution is 6.31. The number of benzene rings is 2. The lowest BCUT2D eigenvalue weighted by Gasteiger charge is -2.24. The molecule has 0 saturated heterocycles. The van der Waals surface area contributed by atoms with Gasteiger partial charge >= 0.3 is 18.2 Å². The van der Waals surface area contributed by atoms with E-state index < -0.39 is 24.2 Å². The highest BCUT2D eigenvalue weighted by Gasteiger charge is 2.35. The SMILES string of the molecule is CCOC(=O)[C@@H](C)N(C(=O)OCc1ccccc1)C(=O)OCc1ccccc1Cl. The van der Waals surface area contributed by atoms with Crippen LogP contribution in [0, 0.1) is 0 Å². The number of hydrogen-bond acceptors (Lipinski definition) is 6. The topological polar surface area (TPSA) is 82.1 Å². The number of esters is 1. The first-order valence-electron chi connectivity index (χ1n) is 9.00. The average Bonchev–Trinajstić information content (AvgIpc) is 2.72. The Labute approximate surface area is 174 Å². The van der Waals surface area contributed by atoms with E-state index in [-0.39, 0.29) is 19.8 Å². The van der Waals surface area contributed by atoms with E-state index in [1.165, 1.54) is 6.92 Å². The predicted octanol–water partition coefficient (Wildman–Crippen LogP) is 4.57. The zero-order valence-corrected chi connectivity index (χ0v) is 16.9. The quantitative estimate of drug-likeness (QED) is 0.483. The van der Waals surface area contributed by atoms with E-state index >= 15 is 0 Å². The summed E-state index contributed by atoms with van der Waals surface area (Å²) in [7, 11) is 0. The van der Waals surface area contributed by atoms with Gasteiger partial charge in [-0.3, -0.25) is 0 Å². The maximum Gasteiger partial charge on any atom is 0.420 e. The smallest absolute Gasteiger partial charge is 0.420 e. The highest BCUT2D eigenvalue weighted by Crippen LogP contribution is 2.17. The van der Waals surface area contributed by atoms with E-state index in [9.17, 15) is 14.4 Å². The van der Waals surface area contributed by atoms with Crippen LogP contribution in [-0.4, -0.2) is 35.7 Å². The summed E-state index contributed by atoms with van der Waals surface area (Å²) in [4.78, 5) is 37.8. The molecule has 2 aromatic carbocycles. The summed E-state index contributed by atoms with van der Waals surface area (Å²) in [5.41, 5.74) is 1.29. The second-order valence-corrected chi connectivity index (χ2v) is 6.39. The number of nitrogens with zero attached hydrogens (tertiary/aromatic N) is 1. The van der Waals surface area contributed by atoms with E-state index in [2.05, 4.69) is 0 Å². The Morgan fingerprint density at radius 3 is 2.10 bits per heavy atom. The molecule has 0 aliphatic carbocycles. The van der Waals surface area contributed by atoms with Crippen molar-refractivity contribution in [3.8, 4) is 0 Å². The molecule has 0 bridgehead atoms. The molecule has 29 heavy (non-hydrogen) atoms. The van der Waals surface area contributed by atoms with Crippen LogP contribution < -0.4 is 0 Å². The third kappa shape index (κ3) is 6.50. The van der Waals surface area contributed by atoms with Crippen LogP contribution in [0.15, 0.2) is 54.6 Å². The number of carbonyl (C=O) groups is 3. The van der Waals surface area contributed by atoms with Gasteiger partial charge in [-0.2, -0.15) is 4.90 Å². The number of ether oxygens (including phenoxy) is 3. The molecule has 2 aromatic rings. The highest BCUT2D eigenvalue weighted by atomic mass is 35.5. The number of imide groups is 1. The van der Waals surface area contributed by atoms with Crippen molar-refractivity contribution < 1.29 is 28.6 Å². The molecule has 0 saturated carbocycles. The lowest BCUT2D eigenvalue weighted by Crippen LogP contribution is -2.48. The summed E-state index contributed by atoms with van der Waals surface area (Å²) in [5, 5.41) is 0.414. The molecule has 0 aromatic heterocycles. The van der Waals surface area contributed by atoms with Crippen molar-refractivity contribution in [1.82, 2.24) is 4.90 Å². The molecule has 2 amide bonds. The normalized spacial score (nSPS) is 11.3. The predicted molar refractivity (Wildman–Crippen MR) is 106 cm³/mol. The maximum atomic E-state index is 12.6. The first kappa shape index (κ1) is 22.2. The summed E-state index contributed by atoms with van der Waals surface area (Å²) in [6.45, 7) is 2.85. The first-order chi connectivity index (χ1) is 13.9. The minimum absolute atomic E-state index is 0.0660. The van der Waals surface area contributed by atoms with Gasteiger partial charge in [-0.05, 0) is 25.5 Å². The van der Waals surface area contributed by atoms with Crippen molar-refractivity contribution in [3.05, 3.63) is 70.7 Å². The van der Waals surface area contributed by atoms with Crippen molar-refractivity contribution in [2.24, 2.45) is 0 Å². The Kier molecular flexibility index (Phi) is 8.48. The van der Waals surface area contributed by atoms with E-state index in [0.717, 1.165) is 5.56 Å². The fraction of sp³-hybridized carbons (Fsp3) is 0.286. The van der Waals surface area contributed by atoms with E-state index in [4.69, 9.17) is 25.8 Å². The number of rotatable bonds is 7. The van der Waals surface area contributed by atoms with Crippen molar-refractivity contribution in [2.75, 3.05) is 6.61 Å². The van der Waals surface area contributed by atoms with Crippen LogP contribution in [0.1, 0.15) is 25.0 Å². The van der Waals surface area contributed by atoms with Crippen molar-refractivity contribution in [2.45, 2.75) is 33.1 Å².